The molecular weight excluding hydrogens is 240 g/mol. The first-order valence-corrected chi connectivity index (χ1v) is 7.50. The summed E-state index contributed by atoms with van der Waals surface area (Å²) < 4.78 is 0. The Bertz CT molecular complexity index is 511. The van der Waals surface area contributed by atoms with E-state index in [1.807, 2.05) is 24.0 Å². The molecule has 1 aromatic carbocycles. The van der Waals surface area contributed by atoms with Crippen LogP contribution in [0.4, 0.5) is 0 Å². The highest BCUT2D eigenvalue weighted by molar-refractivity contribution is 7.99. The van der Waals surface area contributed by atoms with Crippen LogP contribution in [0.5, 0.6) is 0 Å². The zero-order chi connectivity index (χ0) is 13.0. The van der Waals surface area contributed by atoms with Gasteiger partial charge in [0.25, 0.3) is 0 Å². The van der Waals surface area contributed by atoms with Gasteiger partial charge in [0.2, 0.25) is 0 Å². The largest absolute Gasteiger partial charge is 0.323 e. The van der Waals surface area contributed by atoms with E-state index in [4.69, 9.17) is 5.73 Å². The molecule has 2 rings (SSSR count). The number of thioether (sulfide) groups is 1. The predicted molar refractivity (Wildman–Crippen MR) is 80.8 cm³/mol. The summed E-state index contributed by atoms with van der Waals surface area (Å²) >= 11 is 1.92. The van der Waals surface area contributed by atoms with Gasteiger partial charge < -0.3 is 5.73 Å². The van der Waals surface area contributed by atoms with E-state index in [0.717, 1.165) is 17.2 Å². The maximum absolute atomic E-state index is 6.22. The average Bonchev–Trinajstić information content (AvgIpc) is 2.37. The Morgan fingerprint density at radius 1 is 1.22 bits per heavy atom. The Hall–Kier alpha value is -1.06. The Morgan fingerprint density at radius 2 is 2.06 bits per heavy atom. The van der Waals surface area contributed by atoms with Gasteiger partial charge in [0, 0.05) is 23.4 Å². The molecule has 1 aromatic heterocycles. The molecule has 2 nitrogen and oxygen atoms in total. The van der Waals surface area contributed by atoms with Gasteiger partial charge in [0.05, 0.1) is 5.52 Å². The number of nitrogens with two attached hydrogens (primary N) is 1. The van der Waals surface area contributed by atoms with Gasteiger partial charge in [-0.3, -0.25) is 4.98 Å². The van der Waals surface area contributed by atoms with Crippen LogP contribution >= 0.6 is 11.8 Å². The number of hydrogen-bond donors (Lipinski definition) is 1. The molecule has 0 aliphatic rings. The second-order valence-corrected chi connectivity index (χ2v) is 6.07. The quantitative estimate of drug-likeness (QED) is 0.892. The van der Waals surface area contributed by atoms with Gasteiger partial charge in [-0.25, -0.2) is 0 Å². The van der Waals surface area contributed by atoms with Crippen molar-refractivity contribution in [3.8, 4) is 0 Å². The molecule has 0 saturated heterocycles. The molecule has 0 saturated carbocycles. The number of hydrogen-bond acceptors (Lipinski definition) is 3. The third-order valence-electron chi connectivity index (χ3n) is 2.81. The second kappa shape index (κ2) is 6.21. The third-order valence-corrected chi connectivity index (χ3v) is 4.30. The van der Waals surface area contributed by atoms with Crippen LogP contribution in [0.1, 0.15) is 25.5 Å². The van der Waals surface area contributed by atoms with Crippen LogP contribution in [0.3, 0.4) is 0 Å². The summed E-state index contributed by atoms with van der Waals surface area (Å²) in [7, 11) is 0. The molecule has 0 fully saturated rings. The summed E-state index contributed by atoms with van der Waals surface area (Å²) in [5.74, 6) is 2.86. The Morgan fingerprint density at radius 3 is 2.83 bits per heavy atom. The lowest BCUT2D eigenvalue weighted by Gasteiger charge is -2.13. The molecule has 0 aliphatic heterocycles. The number of benzene rings is 1. The second-order valence-electron chi connectivity index (χ2n) is 4.99. The lowest BCUT2D eigenvalue weighted by Crippen LogP contribution is -2.13. The smallest absolute Gasteiger partial charge is 0.0705 e. The van der Waals surface area contributed by atoms with Crippen LogP contribution in [-0.4, -0.2) is 16.5 Å². The van der Waals surface area contributed by atoms with E-state index in [0.29, 0.717) is 0 Å². The lowest BCUT2D eigenvalue weighted by atomic mass is 10.1. The molecule has 1 heterocycles. The number of fused-ring (bicyclic) bond motifs is 1. The van der Waals surface area contributed by atoms with E-state index in [2.05, 4.69) is 43.1 Å². The Labute approximate surface area is 113 Å². The fourth-order valence-electron chi connectivity index (χ4n) is 1.84. The summed E-state index contributed by atoms with van der Waals surface area (Å²) in [6, 6.07) is 10.5. The van der Waals surface area contributed by atoms with Crippen LogP contribution in [0.25, 0.3) is 10.9 Å². The molecular formula is C15H20N2S. The SMILES string of the molecule is CC(C)CSCC(N)c1ccc2cccnc2c1. The van der Waals surface area contributed by atoms with Gasteiger partial charge in [-0.05, 0) is 29.4 Å². The zero-order valence-corrected chi connectivity index (χ0v) is 11.8. The Balaban J connectivity index is 2.06. The van der Waals surface area contributed by atoms with Gasteiger partial charge in [0.15, 0.2) is 0 Å². The van der Waals surface area contributed by atoms with Crippen molar-refractivity contribution in [1.82, 2.24) is 4.98 Å². The monoisotopic (exact) mass is 260 g/mol. The fourth-order valence-corrected chi connectivity index (χ4v) is 2.89. The van der Waals surface area contributed by atoms with Crippen molar-refractivity contribution in [2.24, 2.45) is 11.7 Å². The van der Waals surface area contributed by atoms with E-state index in [1.165, 1.54) is 16.7 Å². The summed E-state index contributed by atoms with van der Waals surface area (Å²) in [6.45, 7) is 4.47. The topological polar surface area (TPSA) is 38.9 Å². The fraction of sp³-hybridized carbons (Fsp3) is 0.400. The molecule has 0 aliphatic carbocycles. The van der Waals surface area contributed by atoms with Gasteiger partial charge in [-0.15, -0.1) is 0 Å². The molecule has 0 bridgehead atoms. The van der Waals surface area contributed by atoms with Crippen molar-refractivity contribution in [3.63, 3.8) is 0 Å². The van der Waals surface area contributed by atoms with Gasteiger partial charge in [-0.1, -0.05) is 32.0 Å². The standard InChI is InChI=1S/C15H20N2S/c1-11(2)9-18-10-14(16)13-6-5-12-4-3-7-17-15(12)8-13/h3-8,11,14H,9-10,16H2,1-2H3. The van der Waals surface area contributed by atoms with Crippen molar-refractivity contribution in [2.45, 2.75) is 19.9 Å². The number of pyridine rings is 1. The minimum absolute atomic E-state index is 0.0974. The van der Waals surface area contributed by atoms with Crippen molar-refractivity contribution >= 4 is 22.7 Å². The molecule has 3 heteroatoms. The maximum atomic E-state index is 6.22. The van der Waals surface area contributed by atoms with Gasteiger partial charge in [-0.2, -0.15) is 11.8 Å². The zero-order valence-electron chi connectivity index (χ0n) is 11.0. The predicted octanol–water partition coefficient (Wildman–Crippen LogP) is 3.62. The average molecular weight is 260 g/mol. The minimum Gasteiger partial charge on any atom is -0.323 e. The highest BCUT2D eigenvalue weighted by Crippen LogP contribution is 2.21. The van der Waals surface area contributed by atoms with Crippen molar-refractivity contribution < 1.29 is 0 Å². The Kier molecular flexibility index (Phi) is 4.61. The van der Waals surface area contributed by atoms with Crippen molar-refractivity contribution in [1.29, 1.82) is 0 Å². The molecule has 0 radical (unpaired) electrons. The van der Waals surface area contributed by atoms with Gasteiger partial charge >= 0.3 is 0 Å². The van der Waals surface area contributed by atoms with Crippen LogP contribution in [-0.2, 0) is 0 Å². The van der Waals surface area contributed by atoms with Crippen molar-refractivity contribution in [3.05, 3.63) is 42.1 Å². The molecule has 2 aromatic rings. The molecule has 1 atom stereocenters. The summed E-state index contributed by atoms with van der Waals surface area (Å²) in [5, 5.41) is 1.17. The van der Waals surface area contributed by atoms with E-state index < -0.39 is 0 Å². The first-order chi connectivity index (χ1) is 8.66. The summed E-state index contributed by atoms with van der Waals surface area (Å²) in [4.78, 5) is 4.37. The number of rotatable bonds is 5. The molecule has 1 unspecified atom stereocenters. The first kappa shape index (κ1) is 13.4. The molecule has 2 N–H and O–H groups in total. The highest BCUT2D eigenvalue weighted by Gasteiger charge is 2.07. The molecule has 96 valence electrons. The number of aromatic nitrogens is 1. The van der Waals surface area contributed by atoms with Crippen LogP contribution in [0.2, 0.25) is 0 Å². The van der Waals surface area contributed by atoms with E-state index in [9.17, 15) is 0 Å². The van der Waals surface area contributed by atoms with E-state index in [1.54, 1.807) is 0 Å². The van der Waals surface area contributed by atoms with Crippen LogP contribution in [0, 0.1) is 5.92 Å². The maximum Gasteiger partial charge on any atom is 0.0705 e. The summed E-state index contributed by atoms with van der Waals surface area (Å²) in [6.07, 6.45) is 1.82. The summed E-state index contributed by atoms with van der Waals surface area (Å²) in [5.41, 5.74) is 8.43. The van der Waals surface area contributed by atoms with Crippen molar-refractivity contribution in [2.75, 3.05) is 11.5 Å². The first-order valence-electron chi connectivity index (χ1n) is 6.35. The molecule has 0 amide bonds. The lowest BCUT2D eigenvalue weighted by molar-refractivity contribution is 0.746. The minimum atomic E-state index is 0.0974. The third kappa shape index (κ3) is 3.47. The molecule has 0 spiro atoms. The molecule has 18 heavy (non-hydrogen) atoms. The van der Waals surface area contributed by atoms with Crippen LogP contribution in [0.15, 0.2) is 36.5 Å². The van der Waals surface area contributed by atoms with Crippen LogP contribution < -0.4 is 5.73 Å². The number of nitrogens with zero attached hydrogens (tertiary/aromatic N) is 1. The van der Waals surface area contributed by atoms with E-state index in [-0.39, 0.29) is 6.04 Å². The highest BCUT2D eigenvalue weighted by atomic mass is 32.2. The normalized spacial score (nSPS) is 13.1. The van der Waals surface area contributed by atoms with Gasteiger partial charge in [0.1, 0.15) is 0 Å². The van der Waals surface area contributed by atoms with E-state index >= 15 is 0 Å².